The van der Waals surface area contributed by atoms with Gasteiger partial charge in [0.2, 0.25) is 0 Å². The fourth-order valence-corrected chi connectivity index (χ4v) is 2.49. The van der Waals surface area contributed by atoms with E-state index in [4.69, 9.17) is 5.73 Å². The molecule has 1 heterocycles. The Kier molecular flexibility index (Phi) is 4.78. The Bertz CT molecular complexity index is 377. The van der Waals surface area contributed by atoms with E-state index in [9.17, 15) is 0 Å². The maximum Gasteiger partial charge on any atom is 0.0738 e. The van der Waals surface area contributed by atoms with Gasteiger partial charge < -0.3 is 5.73 Å². The second kappa shape index (κ2) is 5.53. The van der Waals surface area contributed by atoms with Gasteiger partial charge in [-0.25, -0.2) is 0 Å². The summed E-state index contributed by atoms with van der Waals surface area (Å²) in [6.45, 7) is 12.5. The molecule has 0 spiro atoms. The highest BCUT2D eigenvalue weighted by molar-refractivity contribution is 9.10. The van der Waals surface area contributed by atoms with E-state index < -0.39 is 0 Å². The summed E-state index contributed by atoms with van der Waals surface area (Å²) < 4.78 is 3.22. The summed E-state index contributed by atoms with van der Waals surface area (Å²) in [6.07, 6.45) is 0.981. The summed E-state index contributed by atoms with van der Waals surface area (Å²) >= 11 is 3.64. The molecule has 0 bridgehead atoms. The van der Waals surface area contributed by atoms with Crippen molar-refractivity contribution >= 4 is 15.9 Å². The summed E-state index contributed by atoms with van der Waals surface area (Å²) in [5, 5.41) is 4.53. The molecule has 0 aliphatic heterocycles. The van der Waals surface area contributed by atoms with E-state index >= 15 is 0 Å². The van der Waals surface area contributed by atoms with Crippen LogP contribution in [0.2, 0.25) is 0 Å². The second-order valence-corrected chi connectivity index (χ2v) is 6.46. The first-order chi connectivity index (χ1) is 7.81. The van der Waals surface area contributed by atoms with Crippen LogP contribution in [0.15, 0.2) is 4.47 Å². The van der Waals surface area contributed by atoms with Gasteiger partial charge in [0.1, 0.15) is 0 Å². The standard InChI is InChI=1S/C13H24BrN3/c1-6-17-11(12(14)9(2)16-17)7-10(8-15)13(3,4)5/h10H,6-8,15H2,1-5H3. The van der Waals surface area contributed by atoms with Crippen molar-refractivity contribution in [1.29, 1.82) is 0 Å². The van der Waals surface area contributed by atoms with Crippen LogP contribution in [0.3, 0.4) is 0 Å². The first kappa shape index (κ1) is 14.7. The molecule has 0 amide bonds. The van der Waals surface area contributed by atoms with Crippen LogP contribution in [-0.2, 0) is 13.0 Å². The average Bonchev–Trinajstić information content (AvgIpc) is 2.50. The van der Waals surface area contributed by atoms with Gasteiger partial charge in [-0.1, -0.05) is 20.8 Å². The third-order valence-corrected chi connectivity index (χ3v) is 4.43. The zero-order valence-electron chi connectivity index (χ0n) is 11.5. The van der Waals surface area contributed by atoms with E-state index in [1.165, 1.54) is 5.69 Å². The number of nitrogens with zero attached hydrogens (tertiary/aromatic N) is 2. The second-order valence-electron chi connectivity index (χ2n) is 5.66. The molecule has 1 atom stereocenters. The van der Waals surface area contributed by atoms with Crippen LogP contribution in [0.4, 0.5) is 0 Å². The van der Waals surface area contributed by atoms with E-state index in [0.717, 1.165) is 23.1 Å². The van der Waals surface area contributed by atoms with Crippen LogP contribution < -0.4 is 5.73 Å². The van der Waals surface area contributed by atoms with Crippen molar-refractivity contribution < 1.29 is 0 Å². The van der Waals surface area contributed by atoms with Gasteiger partial charge in [0.05, 0.1) is 15.9 Å². The van der Waals surface area contributed by atoms with Crippen molar-refractivity contribution in [3.8, 4) is 0 Å². The third-order valence-electron chi connectivity index (χ3n) is 3.40. The van der Waals surface area contributed by atoms with Crippen molar-refractivity contribution in [2.24, 2.45) is 17.1 Å². The number of nitrogens with two attached hydrogens (primary N) is 1. The minimum atomic E-state index is 0.227. The van der Waals surface area contributed by atoms with Gasteiger partial charge >= 0.3 is 0 Å². The normalized spacial score (nSPS) is 14.1. The van der Waals surface area contributed by atoms with Crippen molar-refractivity contribution in [3.05, 3.63) is 15.9 Å². The van der Waals surface area contributed by atoms with Gasteiger partial charge in [-0.05, 0) is 54.1 Å². The van der Waals surface area contributed by atoms with E-state index in [2.05, 4.69) is 53.4 Å². The first-order valence-corrected chi connectivity index (χ1v) is 7.02. The predicted octanol–water partition coefficient (Wildman–Crippen LogP) is 3.14. The largest absolute Gasteiger partial charge is 0.330 e. The highest BCUT2D eigenvalue weighted by Gasteiger charge is 2.26. The lowest BCUT2D eigenvalue weighted by molar-refractivity contribution is 0.241. The van der Waals surface area contributed by atoms with Gasteiger partial charge in [0.25, 0.3) is 0 Å². The quantitative estimate of drug-likeness (QED) is 0.928. The number of aromatic nitrogens is 2. The molecule has 0 fully saturated rings. The monoisotopic (exact) mass is 301 g/mol. The third kappa shape index (κ3) is 3.32. The minimum absolute atomic E-state index is 0.227. The van der Waals surface area contributed by atoms with E-state index in [-0.39, 0.29) is 5.41 Å². The lowest BCUT2D eigenvalue weighted by atomic mass is 9.78. The number of halogens is 1. The van der Waals surface area contributed by atoms with Gasteiger partial charge in [-0.3, -0.25) is 4.68 Å². The zero-order valence-corrected chi connectivity index (χ0v) is 13.1. The molecule has 0 saturated carbocycles. The van der Waals surface area contributed by atoms with Gasteiger partial charge in [-0.2, -0.15) is 5.10 Å². The van der Waals surface area contributed by atoms with Crippen LogP contribution in [-0.4, -0.2) is 16.3 Å². The summed E-state index contributed by atoms with van der Waals surface area (Å²) in [5.41, 5.74) is 8.47. The smallest absolute Gasteiger partial charge is 0.0738 e. The van der Waals surface area contributed by atoms with Crippen LogP contribution in [0, 0.1) is 18.3 Å². The van der Waals surface area contributed by atoms with Crippen LogP contribution in [0.25, 0.3) is 0 Å². The molecule has 0 radical (unpaired) electrons. The van der Waals surface area contributed by atoms with E-state index in [1.54, 1.807) is 0 Å². The Morgan fingerprint density at radius 2 is 2.00 bits per heavy atom. The summed E-state index contributed by atoms with van der Waals surface area (Å²) in [6, 6.07) is 0. The van der Waals surface area contributed by atoms with Crippen LogP contribution in [0.1, 0.15) is 39.1 Å². The Labute approximate surface area is 113 Å². The van der Waals surface area contributed by atoms with Crippen LogP contribution in [0.5, 0.6) is 0 Å². The fraction of sp³-hybridized carbons (Fsp3) is 0.769. The van der Waals surface area contributed by atoms with Gasteiger partial charge in [-0.15, -0.1) is 0 Å². The number of hydrogen-bond donors (Lipinski definition) is 1. The molecule has 0 aliphatic rings. The molecular weight excluding hydrogens is 278 g/mol. The van der Waals surface area contributed by atoms with Crippen molar-refractivity contribution in [1.82, 2.24) is 9.78 Å². The molecule has 0 aromatic carbocycles. The molecule has 1 rings (SSSR count). The molecule has 0 aliphatic carbocycles. The summed E-state index contributed by atoms with van der Waals surface area (Å²) in [4.78, 5) is 0. The lowest BCUT2D eigenvalue weighted by Gasteiger charge is -2.29. The Hall–Kier alpha value is -0.350. The number of rotatable bonds is 4. The zero-order chi connectivity index (χ0) is 13.2. The van der Waals surface area contributed by atoms with Crippen molar-refractivity contribution in [3.63, 3.8) is 0 Å². The fourth-order valence-electron chi connectivity index (χ4n) is 2.04. The van der Waals surface area contributed by atoms with Crippen molar-refractivity contribution in [2.45, 2.75) is 47.6 Å². The Balaban J connectivity index is 3.01. The molecule has 2 N–H and O–H groups in total. The molecule has 4 heteroatoms. The Morgan fingerprint density at radius 1 is 1.41 bits per heavy atom. The maximum atomic E-state index is 5.91. The summed E-state index contributed by atoms with van der Waals surface area (Å²) in [5.74, 6) is 0.472. The van der Waals surface area contributed by atoms with Crippen LogP contribution >= 0.6 is 15.9 Å². The van der Waals surface area contributed by atoms with Gasteiger partial charge in [0, 0.05) is 6.54 Å². The van der Waals surface area contributed by atoms with Gasteiger partial charge in [0.15, 0.2) is 0 Å². The van der Waals surface area contributed by atoms with E-state index in [1.807, 2.05) is 6.92 Å². The molecule has 98 valence electrons. The molecule has 17 heavy (non-hydrogen) atoms. The first-order valence-electron chi connectivity index (χ1n) is 6.23. The predicted molar refractivity (Wildman–Crippen MR) is 76.0 cm³/mol. The molecule has 1 aromatic heterocycles. The number of hydrogen-bond acceptors (Lipinski definition) is 2. The minimum Gasteiger partial charge on any atom is -0.330 e. The lowest BCUT2D eigenvalue weighted by Crippen LogP contribution is -2.30. The Morgan fingerprint density at radius 3 is 2.41 bits per heavy atom. The SMILES string of the molecule is CCn1nc(C)c(Br)c1CC(CN)C(C)(C)C. The molecule has 3 nitrogen and oxygen atoms in total. The highest BCUT2D eigenvalue weighted by atomic mass is 79.9. The molecule has 1 aromatic rings. The topological polar surface area (TPSA) is 43.8 Å². The maximum absolute atomic E-state index is 5.91. The summed E-state index contributed by atoms with van der Waals surface area (Å²) in [7, 11) is 0. The molecular formula is C13H24BrN3. The molecule has 1 unspecified atom stereocenters. The average molecular weight is 302 g/mol. The molecule has 0 saturated heterocycles. The van der Waals surface area contributed by atoms with Crippen molar-refractivity contribution in [2.75, 3.05) is 6.54 Å². The van der Waals surface area contributed by atoms with E-state index in [0.29, 0.717) is 12.5 Å². The number of aryl methyl sites for hydroxylation is 2. The highest BCUT2D eigenvalue weighted by Crippen LogP contribution is 2.31.